The lowest BCUT2D eigenvalue weighted by Crippen LogP contribution is -2.27. The molecule has 0 aliphatic rings. The number of halogens is 1. The highest BCUT2D eigenvalue weighted by Gasteiger charge is 2.24. The Bertz CT molecular complexity index is 490. The predicted octanol–water partition coefficient (Wildman–Crippen LogP) is 1.92. The molecule has 0 aliphatic heterocycles. The number of anilines is 1. The Morgan fingerprint density at radius 1 is 1.47 bits per heavy atom. The minimum absolute atomic E-state index is 0.193. The van der Waals surface area contributed by atoms with Crippen LogP contribution in [0.25, 0.3) is 0 Å². The fourth-order valence-corrected chi connectivity index (χ4v) is 3.06. The summed E-state index contributed by atoms with van der Waals surface area (Å²) in [7, 11) is -1.94. The Labute approximate surface area is 110 Å². The van der Waals surface area contributed by atoms with E-state index in [9.17, 15) is 8.42 Å². The van der Waals surface area contributed by atoms with Crippen LogP contribution < -0.4 is 5.32 Å². The number of rotatable bonds is 5. The summed E-state index contributed by atoms with van der Waals surface area (Å²) in [5.41, 5.74) is 0. The molecule has 1 aromatic rings. The van der Waals surface area contributed by atoms with Crippen molar-refractivity contribution < 1.29 is 8.42 Å². The summed E-state index contributed by atoms with van der Waals surface area (Å²) in [5, 5.41) is 2.95. The zero-order valence-corrected chi connectivity index (χ0v) is 12.5. The van der Waals surface area contributed by atoms with Gasteiger partial charge in [0.1, 0.15) is 10.7 Å². The van der Waals surface area contributed by atoms with E-state index in [4.69, 9.17) is 0 Å². The lowest BCUT2D eigenvalue weighted by Gasteiger charge is -2.17. The maximum absolute atomic E-state index is 12.2. The van der Waals surface area contributed by atoms with Crippen molar-refractivity contribution in [2.45, 2.75) is 18.7 Å². The van der Waals surface area contributed by atoms with Gasteiger partial charge >= 0.3 is 0 Å². The second kappa shape index (κ2) is 5.79. The second-order valence-corrected chi connectivity index (χ2v) is 6.38. The highest BCUT2D eigenvalue weighted by atomic mass is 79.9. The zero-order valence-electron chi connectivity index (χ0n) is 10.1. The lowest BCUT2D eigenvalue weighted by atomic mass is 10.4. The average molecular weight is 322 g/mol. The van der Waals surface area contributed by atoms with Gasteiger partial charge in [-0.2, -0.15) is 0 Å². The van der Waals surface area contributed by atoms with Crippen molar-refractivity contribution in [3.63, 3.8) is 0 Å². The van der Waals surface area contributed by atoms with Crippen LogP contribution in [0, 0.1) is 0 Å². The standard InChI is InChI=1S/C10H16BrN3O2S/c1-4-12-10-9(6-8(11)7-13-10)17(15,16)14(3)5-2/h6-7H,4-5H2,1-3H3,(H,12,13). The van der Waals surface area contributed by atoms with Crippen LogP contribution in [0.5, 0.6) is 0 Å². The molecule has 0 fully saturated rings. The Morgan fingerprint density at radius 3 is 2.65 bits per heavy atom. The SMILES string of the molecule is CCNc1ncc(Br)cc1S(=O)(=O)N(C)CC. The van der Waals surface area contributed by atoms with E-state index < -0.39 is 10.0 Å². The number of nitrogens with one attached hydrogen (secondary N) is 1. The van der Waals surface area contributed by atoms with Crippen molar-refractivity contribution in [2.24, 2.45) is 0 Å². The lowest BCUT2D eigenvalue weighted by molar-refractivity contribution is 0.486. The Hall–Kier alpha value is -0.660. The predicted molar refractivity (Wildman–Crippen MR) is 71.6 cm³/mol. The molecular formula is C10H16BrN3O2S. The van der Waals surface area contributed by atoms with Crippen LogP contribution in [0.3, 0.4) is 0 Å². The molecule has 0 atom stereocenters. The van der Waals surface area contributed by atoms with Crippen molar-refractivity contribution in [1.82, 2.24) is 9.29 Å². The summed E-state index contributed by atoms with van der Waals surface area (Å²) in [5.74, 6) is 0.385. The minimum atomic E-state index is -3.49. The molecule has 0 aromatic carbocycles. The largest absolute Gasteiger partial charge is 0.369 e. The summed E-state index contributed by atoms with van der Waals surface area (Å²) in [6.45, 7) is 4.72. The third-order valence-corrected chi connectivity index (χ3v) is 4.68. The van der Waals surface area contributed by atoms with E-state index in [-0.39, 0.29) is 4.90 Å². The molecule has 0 aliphatic carbocycles. The molecule has 5 nitrogen and oxygen atoms in total. The molecule has 0 saturated heterocycles. The number of pyridine rings is 1. The van der Waals surface area contributed by atoms with E-state index in [0.717, 1.165) is 0 Å². The summed E-state index contributed by atoms with van der Waals surface area (Å²) >= 11 is 3.24. The van der Waals surface area contributed by atoms with Crippen molar-refractivity contribution in [3.8, 4) is 0 Å². The number of nitrogens with zero attached hydrogens (tertiary/aromatic N) is 2. The van der Waals surface area contributed by atoms with Crippen LogP contribution in [-0.2, 0) is 10.0 Å². The zero-order chi connectivity index (χ0) is 13.1. The topological polar surface area (TPSA) is 62.3 Å². The molecule has 1 aromatic heterocycles. The van der Waals surface area contributed by atoms with Crippen LogP contribution >= 0.6 is 15.9 Å². The van der Waals surface area contributed by atoms with E-state index in [1.54, 1.807) is 26.2 Å². The Morgan fingerprint density at radius 2 is 2.12 bits per heavy atom. The molecule has 7 heteroatoms. The van der Waals surface area contributed by atoms with Crippen molar-refractivity contribution in [1.29, 1.82) is 0 Å². The minimum Gasteiger partial charge on any atom is -0.369 e. The number of sulfonamides is 1. The molecule has 0 saturated carbocycles. The van der Waals surface area contributed by atoms with Crippen molar-refractivity contribution >= 4 is 31.8 Å². The van der Waals surface area contributed by atoms with Gasteiger partial charge in [0.25, 0.3) is 0 Å². The molecule has 17 heavy (non-hydrogen) atoms. The molecule has 0 spiro atoms. The monoisotopic (exact) mass is 321 g/mol. The summed E-state index contributed by atoms with van der Waals surface area (Å²) in [4.78, 5) is 4.28. The maximum Gasteiger partial charge on any atom is 0.246 e. The highest BCUT2D eigenvalue weighted by Crippen LogP contribution is 2.25. The van der Waals surface area contributed by atoms with Gasteiger partial charge in [-0.3, -0.25) is 0 Å². The summed E-state index contributed by atoms with van der Waals surface area (Å²) < 4.78 is 26.4. The van der Waals surface area contributed by atoms with Gasteiger partial charge < -0.3 is 5.32 Å². The van der Waals surface area contributed by atoms with Crippen molar-refractivity contribution in [2.75, 3.05) is 25.5 Å². The number of aromatic nitrogens is 1. The first-order valence-electron chi connectivity index (χ1n) is 5.29. The van der Waals surface area contributed by atoms with E-state index in [1.165, 1.54) is 4.31 Å². The molecule has 1 rings (SSSR count). The fraction of sp³-hybridized carbons (Fsp3) is 0.500. The van der Waals surface area contributed by atoms with Crippen LogP contribution in [0.1, 0.15) is 13.8 Å². The first-order chi connectivity index (χ1) is 7.93. The van der Waals surface area contributed by atoms with Gasteiger partial charge in [-0.05, 0) is 28.9 Å². The summed E-state index contributed by atoms with van der Waals surface area (Å²) in [6, 6.07) is 1.56. The Kier molecular flexibility index (Phi) is 4.91. The molecular weight excluding hydrogens is 306 g/mol. The quantitative estimate of drug-likeness (QED) is 0.900. The van der Waals surface area contributed by atoms with Gasteiger partial charge in [0.05, 0.1) is 0 Å². The highest BCUT2D eigenvalue weighted by molar-refractivity contribution is 9.10. The van der Waals surface area contributed by atoms with Crippen LogP contribution in [0.15, 0.2) is 21.6 Å². The maximum atomic E-state index is 12.2. The molecule has 0 radical (unpaired) electrons. The van der Waals surface area contributed by atoms with E-state index in [2.05, 4.69) is 26.2 Å². The van der Waals surface area contributed by atoms with Gasteiger partial charge in [-0.1, -0.05) is 6.92 Å². The smallest absolute Gasteiger partial charge is 0.246 e. The van der Waals surface area contributed by atoms with Crippen LogP contribution in [0.4, 0.5) is 5.82 Å². The van der Waals surface area contributed by atoms with Gasteiger partial charge in [0.15, 0.2) is 0 Å². The van der Waals surface area contributed by atoms with E-state index in [0.29, 0.717) is 23.4 Å². The van der Waals surface area contributed by atoms with Crippen molar-refractivity contribution in [3.05, 3.63) is 16.7 Å². The first-order valence-corrected chi connectivity index (χ1v) is 7.52. The van der Waals surface area contributed by atoms with Gasteiger partial charge in [-0.15, -0.1) is 0 Å². The first kappa shape index (κ1) is 14.4. The third-order valence-electron chi connectivity index (χ3n) is 2.30. The van der Waals surface area contributed by atoms with E-state index in [1.807, 2.05) is 6.92 Å². The Balaban J connectivity index is 3.33. The third kappa shape index (κ3) is 3.17. The van der Waals surface area contributed by atoms with Crippen LogP contribution in [0.2, 0.25) is 0 Å². The number of hydrogen-bond acceptors (Lipinski definition) is 4. The summed E-state index contributed by atoms with van der Waals surface area (Å²) in [6.07, 6.45) is 1.57. The normalized spacial score (nSPS) is 11.8. The average Bonchev–Trinajstić information content (AvgIpc) is 2.30. The molecule has 0 unspecified atom stereocenters. The van der Waals surface area contributed by atoms with Gasteiger partial charge in [-0.25, -0.2) is 17.7 Å². The van der Waals surface area contributed by atoms with Gasteiger partial charge in [0, 0.05) is 30.8 Å². The molecule has 0 amide bonds. The fourth-order valence-electron chi connectivity index (χ4n) is 1.26. The second-order valence-electron chi connectivity index (χ2n) is 3.45. The molecule has 0 bridgehead atoms. The van der Waals surface area contributed by atoms with Gasteiger partial charge in [0.2, 0.25) is 10.0 Å². The van der Waals surface area contributed by atoms with Crippen LogP contribution in [-0.4, -0.2) is 37.8 Å². The molecule has 1 N–H and O–H groups in total. The number of hydrogen-bond donors (Lipinski definition) is 1. The molecule has 1 heterocycles. The molecule has 96 valence electrons. The van der Waals surface area contributed by atoms with E-state index >= 15 is 0 Å².